The van der Waals surface area contributed by atoms with Crippen molar-refractivity contribution in [1.29, 1.82) is 0 Å². The van der Waals surface area contributed by atoms with Gasteiger partial charge in [-0.3, -0.25) is 0 Å². The summed E-state index contributed by atoms with van der Waals surface area (Å²) in [5.41, 5.74) is 0. The summed E-state index contributed by atoms with van der Waals surface area (Å²) in [6, 6.07) is 0. The second-order valence-electron chi connectivity index (χ2n) is 0. The predicted molar refractivity (Wildman–Crippen MR) is 23.0 cm³/mol. The Morgan fingerprint density at radius 2 is 0.429 bits per heavy atom. The number of hydrogen-bond donors (Lipinski definition) is 0. The summed E-state index contributed by atoms with van der Waals surface area (Å²) in [4.78, 5) is 0. The molecule has 0 N–H and O–H groups in total. The third-order valence-corrected chi connectivity index (χ3v) is 0. The number of hydrogen-bond acceptors (Lipinski definition) is 0. The average molecular weight is 272 g/mol. The summed E-state index contributed by atoms with van der Waals surface area (Å²) < 4.78 is 0. The van der Waals surface area contributed by atoms with E-state index in [2.05, 4.69) is 0 Å². The maximum absolute atomic E-state index is 0. The summed E-state index contributed by atoms with van der Waals surface area (Å²) >= 11 is 0. The molecule has 4 radical (unpaired) electrons. The third kappa shape index (κ3) is 34.4. The summed E-state index contributed by atoms with van der Waals surface area (Å²) in [7, 11) is 0. The molecule has 0 fully saturated rings. The molecule has 0 aromatic heterocycles. The molecule has 7 heavy (non-hydrogen) atoms. The molecule has 0 saturated heterocycles. The average Bonchev–Trinajstić information content (AvgIpc) is 0. The first-order valence-electron chi connectivity index (χ1n) is 0. The van der Waals surface area contributed by atoms with Crippen LogP contribution >= 0.6 is 0 Å². The van der Waals surface area contributed by atoms with Crippen LogP contribution in [0.4, 0.5) is 0 Å². The summed E-state index contributed by atoms with van der Waals surface area (Å²) in [5, 5.41) is 0. The Hall–Kier alpha value is 5.47. The van der Waals surface area contributed by atoms with E-state index in [0.717, 1.165) is 0 Å². The zero-order chi connectivity index (χ0) is 0. The minimum absolute atomic E-state index is 0. The first kappa shape index (κ1) is 54.8. The Bertz CT molecular complexity index is 10.1. The van der Waals surface area contributed by atoms with Crippen molar-refractivity contribution in [2.75, 3.05) is 0 Å². The molecule has 0 unspecified atom stereocenters. The second-order valence-corrected chi connectivity index (χ2v) is 0. The molecule has 10 valence electrons. The maximum atomic E-state index is 0. The Morgan fingerprint density at radius 1 is 0.429 bits per heavy atom. The Kier molecular flexibility index (Phi) is 329. The van der Waals surface area contributed by atoms with E-state index in [0.29, 0.717) is 0 Å². The van der Waals surface area contributed by atoms with E-state index in [4.69, 9.17) is 0 Å². The molecule has 0 aliphatic rings. The van der Waals surface area contributed by atoms with Crippen LogP contribution in [0.1, 0.15) is 0 Å². The summed E-state index contributed by atoms with van der Waals surface area (Å²) in [5.74, 6) is 0. The monoisotopic (exact) mass is 268 g/mol. The van der Waals surface area contributed by atoms with E-state index in [-0.39, 0.29) is 166 Å². The Morgan fingerprint density at radius 3 is 0.429 bits per heavy atom. The predicted octanol–water partition coefficient (Wildman–Crippen LogP) is -1.53. The van der Waals surface area contributed by atoms with Crippen molar-refractivity contribution in [3.8, 4) is 0 Å². The van der Waals surface area contributed by atoms with Crippen molar-refractivity contribution in [2.24, 2.45) is 0 Å². The van der Waals surface area contributed by atoms with Crippen LogP contribution in [0.2, 0.25) is 0 Å². The standard InChI is InChI=1S/Li.3Na.3Zn. The molecule has 7 heteroatoms. The van der Waals surface area contributed by atoms with Crippen molar-refractivity contribution in [3.63, 3.8) is 0 Å². The first-order chi connectivity index (χ1) is 0. The molecule has 0 spiro atoms. The van der Waals surface area contributed by atoms with E-state index in [1.165, 1.54) is 0 Å². The molecular weight excluding hydrogens is 272 g/mol. The molecule has 0 nitrogen and oxygen atoms in total. The van der Waals surface area contributed by atoms with Gasteiger partial charge in [-0.05, 0) is 0 Å². The van der Waals surface area contributed by atoms with Crippen molar-refractivity contribution in [2.45, 2.75) is 0 Å². The molecule has 0 heterocycles. The van der Waals surface area contributed by atoms with Gasteiger partial charge in [0, 0.05) is 166 Å². The van der Waals surface area contributed by atoms with Crippen LogP contribution in [-0.2, 0) is 58.4 Å². The van der Waals surface area contributed by atoms with Crippen molar-refractivity contribution in [1.82, 2.24) is 0 Å². The van der Waals surface area contributed by atoms with Gasteiger partial charge in [0.25, 0.3) is 0 Å². The molecule has 0 bridgehead atoms. The van der Waals surface area contributed by atoms with Crippen LogP contribution in [0.15, 0.2) is 0 Å². The van der Waals surface area contributed by atoms with Gasteiger partial charge in [-0.2, -0.15) is 0 Å². The van der Waals surface area contributed by atoms with Gasteiger partial charge < -0.3 is 0 Å². The van der Waals surface area contributed by atoms with Gasteiger partial charge in [-0.25, -0.2) is 0 Å². The minimum Gasteiger partial charge on any atom is 0 e. The molecule has 0 amide bonds. The molecule has 0 rings (SSSR count). The fourth-order valence-corrected chi connectivity index (χ4v) is 0. The Labute approximate surface area is 162 Å². The smallest absolute Gasteiger partial charge is 0 e. The van der Waals surface area contributed by atoms with Crippen LogP contribution in [-0.4, -0.2) is 108 Å². The fraction of sp³-hybridized carbons (Fsp3) is 0. The zero-order valence-corrected chi connectivity index (χ0v) is 21.0. The molecule has 0 aliphatic carbocycles. The van der Waals surface area contributed by atoms with Gasteiger partial charge >= 0.3 is 0 Å². The van der Waals surface area contributed by atoms with Gasteiger partial charge in [-0.1, -0.05) is 0 Å². The van der Waals surface area contributed by atoms with Crippen LogP contribution < -0.4 is 0 Å². The van der Waals surface area contributed by atoms with Gasteiger partial charge in [0.2, 0.25) is 0 Å². The van der Waals surface area contributed by atoms with Crippen molar-refractivity contribution in [3.05, 3.63) is 0 Å². The quantitative estimate of drug-likeness (QED) is 0.469. The molecule has 0 aromatic carbocycles. The topological polar surface area (TPSA) is 0 Å². The SMILES string of the molecule is [Li].[Na].[Na].[Na].[Zn].[Zn].[Zn]. The van der Waals surface area contributed by atoms with Crippen LogP contribution in [0, 0.1) is 0 Å². The normalized spacial score (nSPS) is 0. The molecular formula is LiNa3Zn3. The largest absolute Gasteiger partial charge is 0 e. The van der Waals surface area contributed by atoms with Gasteiger partial charge in [0.1, 0.15) is 0 Å². The summed E-state index contributed by atoms with van der Waals surface area (Å²) in [6.45, 7) is 0. The van der Waals surface area contributed by atoms with Gasteiger partial charge in [0.15, 0.2) is 0 Å². The summed E-state index contributed by atoms with van der Waals surface area (Å²) in [6.07, 6.45) is 0. The molecule has 0 aromatic rings. The first-order valence-corrected chi connectivity index (χ1v) is 0. The molecule has 0 atom stereocenters. The van der Waals surface area contributed by atoms with Crippen molar-refractivity contribution >= 4 is 108 Å². The second kappa shape index (κ2) is 42.0. The maximum Gasteiger partial charge on any atom is 0 e. The van der Waals surface area contributed by atoms with Crippen LogP contribution in [0.3, 0.4) is 0 Å². The minimum atomic E-state index is 0. The molecule has 0 aliphatic heterocycles. The van der Waals surface area contributed by atoms with E-state index in [9.17, 15) is 0 Å². The van der Waals surface area contributed by atoms with Gasteiger partial charge in [0.05, 0.1) is 0 Å². The molecule has 0 saturated carbocycles. The van der Waals surface area contributed by atoms with Crippen LogP contribution in [0.25, 0.3) is 0 Å². The van der Waals surface area contributed by atoms with Crippen molar-refractivity contribution < 1.29 is 58.4 Å². The van der Waals surface area contributed by atoms with E-state index >= 15 is 0 Å². The Balaban J connectivity index is 0. The van der Waals surface area contributed by atoms with Gasteiger partial charge in [-0.15, -0.1) is 0 Å². The van der Waals surface area contributed by atoms with E-state index in [1.54, 1.807) is 0 Å². The third-order valence-electron chi connectivity index (χ3n) is 0. The zero-order valence-electron chi connectivity index (χ0n) is 6.12. The van der Waals surface area contributed by atoms with E-state index in [1.807, 2.05) is 0 Å². The van der Waals surface area contributed by atoms with E-state index < -0.39 is 0 Å². The van der Waals surface area contributed by atoms with Crippen LogP contribution in [0.5, 0.6) is 0 Å². The number of rotatable bonds is 0. The fourth-order valence-electron chi connectivity index (χ4n) is 0.